The molecule has 0 aliphatic carbocycles. The predicted octanol–water partition coefficient (Wildman–Crippen LogP) is 3.93. The van der Waals surface area contributed by atoms with E-state index in [1.807, 2.05) is 22.8 Å². The number of benzene rings is 3. The molecular formula is C26H27N4O3P. The van der Waals surface area contributed by atoms with Gasteiger partial charge in [-0.25, -0.2) is 4.98 Å². The lowest BCUT2D eigenvalue weighted by Crippen LogP contribution is -2.26. The lowest BCUT2D eigenvalue weighted by Gasteiger charge is -2.16. The Balaban J connectivity index is 1.77. The van der Waals surface area contributed by atoms with E-state index in [-0.39, 0.29) is 5.91 Å². The zero-order valence-electron chi connectivity index (χ0n) is 19.3. The number of amides is 1. The van der Waals surface area contributed by atoms with Crippen LogP contribution in [0.15, 0.2) is 78.9 Å². The van der Waals surface area contributed by atoms with Gasteiger partial charge in [0.15, 0.2) is 19.9 Å². The van der Waals surface area contributed by atoms with Crippen LogP contribution in [0.2, 0.25) is 0 Å². The van der Waals surface area contributed by atoms with Gasteiger partial charge in [0.25, 0.3) is 5.91 Å². The lowest BCUT2D eigenvalue weighted by molar-refractivity contribution is 0.0818. The number of hydrogen-bond donors (Lipinski definition) is 3. The molecule has 8 heteroatoms. The Labute approximate surface area is 200 Å². The molecule has 0 aliphatic rings. The van der Waals surface area contributed by atoms with Gasteiger partial charge in [-0.1, -0.05) is 66.7 Å². The molecule has 4 rings (SSSR count). The quantitative estimate of drug-likeness (QED) is 0.353. The second kappa shape index (κ2) is 10.2. The smallest absolute Gasteiger partial charge is 0.273 e. The third-order valence-electron chi connectivity index (χ3n) is 5.57. The number of aromatic nitrogens is 2. The van der Waals surface area contributed by atoms with E-state index >= 15 is 0 Å². The molecule has 174 valence electrons. The number of anilines is 1. The summed E-state index contributed by atoms with van der Waals surface area (Å²) in [5, 5.41) is 3.50. The minimum atomic E-state index is -2.17. The van der Waals surface area contributed by atoms with Crippen LogP contribution in [0.1, 0.15) is 16.1 Å². The Bertz CT molecular complexity index is 1270. The van der Waals surface area contributed by atoms with Gasteiger partial charge < -0.3 is 24.6 Å². The standard InChI is InChI=1S/C26H27N4O3P/c1-27-24-23(26(31)29(2)3)30(25(28-24)21-13-15-22(16-14-21)34(32)33)17-18-9-11-20(12-10-18)19-7-5-4-6-8-19/h4-16,27,32-33H,17H2,1-3H3. The SMILES string of the molecule is CNc1nc(-c2ccc(P(O)O)cc2)n(Cc2ccc(-c3ccccc3)cc2)c1C(=O)N(C)C. The van der Waals surface area contributed by atoms with E-state index in [0.717, 1.165) is 22.3 Å². The number of hydrogen-bond acceptors (Lipinski definition) is 5. The van der Waals surface area contributed by atoms with Crippen molar-refractivity contribution in [3.63, 3.8) is 0 Å². The van der Waals surface area contributed by atoms with Crippen molar-refractivity contribution in [2.45, 2.75) is 6.54 Å². The minimum absolute atomic E-state index is 0.158. The van der Waals surface area contributed by atoms with Crippen molar-refractivity contribution in [1.82, 2.24) is 14.5 Å². The van der Waals surface area contributed by atoms with E-state index in [0.29, 0.717) is 29.2 Å². The van der Waals surface area contributed by atoms with Crippen molar-refractivity contribution in [3.8, 4) is 22.5 Å². The van der Waals surface area contributed by atoms with Gasteiger partial charge in [0.1, 0.15) is 5.82 Å². The maximum absolute atomic E-state index is 13.1. The molecule has 4 aromatic rings. The Morgan fingerprint density at radius 2 is 1.50 bits per heavy atom. The van der Waals surface area contributed by atoms with Crippen LogP contribution in [-0.2, 0) is 6.54 Å². The fourth-order valence-electron chi connectivity index (χ4n) is 3.79. The summed E-state index contributed by atoms with van der Waals surface area (Å²) < 4.78 is 1.90. The summed E-state index contributed by atoms with van der Waals surface area (Å²) in [6, 6.07) is 25.4. The highest BCUT2D eigenvalue weighted by atomic mass is 31.2. The molecule has 0 unspecified atom stereocenters. The Morgan fingerprint density at radius 1 is 0.912 bits per heavy atom. The van der Waals surface area contributed by atoms with Crippen molar-refractivity contribution >= 4 is 25.4 Å². The fraction of sp³-hybridized carbons (Fsp3) is 0.154. The molecule has 1 amide bonds. The molecule has 7 nitrogen and oxygen atoms in total. The summed E-state index contributed by atoms with van der Waals surface area (Å²) in [5.74, 6) is 0.952. The van der Waals surface area contributed by atoms with Crippen LogP contribution in [0, 0.1) is 0 Å². The molecule has 0 saturated heterocycles. The summed E-state index contributed by atoms with van der Waals surface area (Å²) >= 11 is 0. The zero-order chi connectivity index (χ0) is 24.2. The molecule has 0 fully saturated rings. The number of nitrogens with one attached hydrogen (secondary N) is 1. The largest absolute Gasteiger partial charge is 0.371 e. The van der Waals surface area contributed by atoms with E-state index in [9.17, 15) is 14.6 Å². The molecule has 0 spiro atoms. The highest BCUT2D eigenvalue weighted by molar-refractivity contribution is 7.54. The molecule has 0 atom stereocenters. The summed E-state index contributed by atoms with van der Waals surface area (Å²) in [6.07, 6.45) is 0. The Hall–Kier alpha value is -3.51. The van der Waals surface area contributed by atoms with Crippen LogP contribution in [-0.4, -0.2) is 51.3 Å². The average Bonchev–Trinajstić information content (AvgIpc) is 3.22. The van der Waals surface area contributed by atoms with Crippen molar-refractivity contribution in [2.75, 3.05) is 26.5 Å². The molecule has 34 heavy (non-hydrogen) atoms. The predicted molar refractivity (Wildman–Crippen MR) is 137 cm³/mol. The Kier molecular flexibility index (Phi) is 7.08. The second-order valence-corrected chi connectivity index (χ2v) is 9.16. The van der Waals surface area contributed by atoms with Crippen LogP contribution in [0.3, 0.4) is 0 Å². The molecule has 3 aromatic carbocycles. The van der Waals surface area contributed by atoms with Gasteiger partial charge in [0, 0.05) is 38.6 Å². The van der Waals surface area contributed by atoms with Gasteiger partial charge in [-0.2, -0.15) is 0 Å². The van der Waals surface area contributed by atoms with Crippen molar-refractivity contribution in [1.29, 1.82) is 0 Å². The van der Waals surface area contributed by atoms with Crippen molar-refractivity contribution < 1.29 is 14.6 Å². The van der Waals surface area contributed by atoms with Crippen molar-refractivity contribution in [2.24, 2.45) is 0 Å². The van der Waals surface area contributed by atoms with Crippen LogP contribution >= 0.6 is 8.38 Å². The number of carbonyl (C=O) groups is 1. The first-order valence-corrected chi connectivity index (χ1v) is 12.1. The first kappa shape index (κ1) is 23.6. The van der Waals surface area contributed by atoms with Gasteiger partial charge in [-0.05, 0) is 28.8 Å². The summed E-state index contributed by atoms with van der Waals surface area (Å²) in [7, 11) is 3.00. The number of rotatable bonds is 7. The van der Waals surface area contributed by atoms with E-state index in [2.05, 4.69) is 41.7 Å². The lowest BCUT2D eigenvalue weighted by atomic mass is 10.0. The first-order valence-electron chi connectivity index (χ1n) is 10.8. The molecule has 3 N–H and O–H groups in total. The molecule has 0 bridgehead atoms. The van der Waals surface area contributed by atoms with Gasteiger partial charge in [-0.3, -0.25) is 4.79 Å². The summed E-state index contributed by atoms with van der Waals surface area (Å²) in [4.78, 5) is 38.4. The number of carbonyl (C=O) groups excluding carboxylic acids is 1. The molecule has 0 radical (unpaired) electrons. The van der Waals surface area contributed by atoms with E-state index < -0.39 is 8.38 Å². The highest BCUT2D eigenvalue weighted by Crippen LogP contribution is 2.30. The van der Waals surface area contributed by atoms with Gasteiger partial charge >= 0.3 is 0 Å². The third-order valence-corrected chi connectivity index (χ3v) is 6.33. The van der Waals surface area contributed by atoms with Crippen LogP contribution in [0.25, 0.3) is 22.5 Å². The van der Waals surface area contributed by atoms with Crippen LogP contribution in [0.5, 0.6) is 0 Å². The van der Waals surface area contributed by atoms with Gasteiger partial charge in [-0.15, -0.1) is 0 Å². The van der Waals surface area contributed by atoms with E-state index in [1.54, 1.807) is 45.4 Å². The maximum Gasteiger partial charge on any atom is 0.273 e. The normalized spacial score (nSPS) is 11.0. The third kappa shape index (κ3) is 4.87. The molecule has 1 heterocycles. The number of imidazole rings is 1. The van der Waals surface area contributed by atoms with E-state index in [1.165, 1.54) is 4.90 Å². The van der Waals surface area contributed by atoms with Crippen LogP contribution < -0.4 is 10.6 Å². The van der Waals surface area contributed by atoms with Crippen LogP contribution in [0.4, 0.5) is 5.82 Å². The fourth-order valence-corrected chi connectivity index (χ4v) is 4.21. The molecular weight excluding hydrogens is 447 g/mol. The topological polar surface area (TPSA) is 90.6 Å². The average molecular weight is 475 g/mol. The van der Waals surface area contributed by atoms with Gasteiger partial charge in [0.2, 0.25) is 0 Å². The molecule has 0 saturated carbocycles. The molecule has 1 aromatic heterocycles. The zero-order valence-corrected chi connectivity index (χ0v) is 20.2. The Morgan fingerprint density at radius 3 is 2.06 bits per heavy atom. The summed E-state index contributed by atoms with van der Waals surface area (Å²) in [6.45, 7) is 0.447. The van der Waals surface area contributed by atoms with Gasteiger partial charge in [0.05, 0.1) is 0 Å². The first-order chi connectivity index (χ1) is 16.4. The van der Waals surface area contributed by atoms with Crippen molar-refractivity contribution in [3.05, 3.63) is 90.1 Å². The maximum atomic E-state index is 13.1. The molecule has 0 aliphatic heterocycles. The van der Waals surface area contributed by atoms with E-state index in [4.69, 9.17) is 4.98 Å². The number of nitrogens with zero attached hydrogens (tertiary/aromatic N) is 3. The minimum Gasteiger partial charge on any atom is -0.371 e. The summed E-state index contributed by atoms with van der Waals surface area (Å²) in [5.41, 5.74) is 4.53. The highest BCUT2D eigenvalue weighted by Gasteiger charge is 2.25. The monoisotopic (exact) mass is 474 g/mol. The second-order valence-electron chi connectivity index (χ2n) is 8.07.